The minimum Gasteiger partial charge on any atom is -0.493 e. The highest BCUT2D eigenvalue weighted by Crippen LogP contribution is 2.30. The Morgan fingerprint density at radius 1 is 1.17 bits per heavy atom. The molecule has 2 rings (SSSR count). The van der Waals surface area contributed by atoms with Crippen LogP contribution in [0, 0.1) is 5.82 Å². The third kappa shape index (κ3) is 4.70. The normalized spacial score (nSPS) is 10.5. The predicted molar refractivity (Wildman–Crippen MR) is 87.1 cm³/mol. The van der Waals surface area contributed by atoms with Gasteiger partial charge in [0.05, 0.1) is 13.3 Å². The summed E-state index contributed by atoms with van der Waals surface area (Å²) in [6, 6.07) is 11.4. The van der Waals surface area contributed by atoms with Gasteiger partial charge in [0.1, 0.15) is 12.4 Å². The van der Waals surface area contributed by atoms with Crippen molar-refractivity contribution in [2.75, 3.05) is 7.11 Å². The summed E-state index contributed by atoms with van der Waals surface area (Å²) in [6.07, 6.45) is 1.46. The van der Waals surface area contributed by atoms with Gasteiger partial charge in [-0.25, -0.2) is 4.39 Å². The summed E-state index contributed by atoms with van der Waals surface area (Å²) >= 11 is 0. The van der Waals surface area contributed by atoms with Crippen molar-refractivity contribution in [1.82, 2.24) is 0 Å². The number of para-hydroxylation sites is 1. The smallest absolute Gasteiger partial charge is 0.211 e. The fraction of sp³-hybridized carbons (Fsp3) is 0.125. The maximum Gasteiger partial charge on any atom is 0.211 e. The lowest BCUT2D eigenvalue weighted by Gasteiger charge is -2.13. The summed E-state index contributed by atoms with van der Waals surface area (Å²) in [6.45, 7) is 0.254. The van der Waals surface area contributed by atoms with Gasteiger partial charge in [-0.2, -0.15) is 5.10 Å². The first-order chi connectivity index (χ1) is 11.1. The Balaban J connectivity index is 2.22. The van der Waals surface area contributed by atoms with Crippen molar-refractivity contribution in [2.45, 2.75) is 6.61 Å². The third-order valence-corrected chi connectivity index (χ3v) is 2.90. The van der Waals surface area contributed by atoms with E-state index in [4.69, 9.17) is 20.9 Å². The molecule has 23 heavy (non-hydrogen) atoms. The van der Waals surface area contributed by atoms with Crippen LogP contribution in [0.4, 0.5) is 4.39 Å². The van der Waals surface area contributed by atoms with Crippen LogP contribution in [0.2, 0.25) is 0 Å². The van der Waals surface area contributed by atoms with Gasteiger partial charge in [-0.15, -0.1) is 5.10 Å². The quantitative estimate of drug-likeness (QED) is 0.484. The average Bonchev–Trinajstić information content (AvgIpc) is 2.54. The van der Waals surface area contributed by atoms with Gasteiger partial charge in [0.15, 0.2) is 11.5 Å². The van der Waals surface area contributed by atoms with Gasteiger partial charge in [0, 0.05) is 5.56 Å². The first-order valence-electron chi connectivity index (χ1n) is 6.76. The van der Waals surface area contributed by atoms with E-state index < -0.39 is 0 Å². The van der Waals surface area contributed by atoms with Crippen molar-refractivity contribution >= 4 is 12.2 Å². The van der Waals surface area contributed by atoms with Crippen LogP contribution in [0.1, 0.15) is 11.1 Å². The molecule has 2 aromatic carbocycles. The highest BCUT2D eigenvalue weighted by molar-refractivity contribution is 5.86. The highest BCUT2D eigenvalue weighted by atomic mass is 19.1. The van der Waals surface area contributed by atoms with E-state index in [0.29, 0.717) is 17.1 Å². The molecule has 0 unspecified atom stereocenters. The lowest BCUT2D eigenvalue weighted by molar-refractivity contribution is 0.284. The molecular weight excluding hydrogens is 299 g/mol. The monoisotopic (exact) mass is 316 g/mol. The molecule has 0 bridgehead atoms. The lowest BCUT2D eigenvalue weighted by atomic mass is 10.2. The maximum atomic E-state index is 12.9. The van der Waals surface area contributed by atoms with E-state index >= 15 is 0 Å². The highest BCUT2D eigenvalue weighted by Gasteiger charge is 2.09. The van der Waals surface area contributed by atoms with Crippen LogP contribution in [0.3, 0.4) is 0 Å². The van der Waals surface area contributed by atoms with Crippen LogP contribution in [0.5, 0.6) is 11.5 Å². The van der Waals surface area contributed by atoms with Crippen molar-refractivity contribution in [1.29, 1.82) is 0 Å². The zero-order valence-electron chi connectivity index (χ0n) is 12.6. The molecule has 0 amide bonds. The number of ether oxygens (including phenoxy) is 2. The summed E-state index contributed by atoms with van der Waals surface area (Å²) in [5.74, 6) is 0.601. The van der Waals surface area contributed by atoms with Gasteiger partial charge in [0.2, 0.25) is 5.96 Å². The van der Waals surface area contributed by atoms with E-state index in [1.54, 1.807) is 30.3 Å². The molecule has 7 heteroatoms. The van der Waals surface area contributed by atoms with Gasteiger partial charge in [-0.1, -0.05) is 18.2 Å². The molecular formula is C16H17FN4O2. The summed E-state index contributed by atoms with van der Waals surface area (Å²) in [5, 5.41) is 7.32. The molecule has 6 nitrogen and oxygen atoms in total. The Morgan fingerprint density at radius 2 is 1.91 bits per heavy atom. The van der Waals surface area contributed by atoms with E-state index in [1.165, 1.54) is 25.5 Å². The van der Waals surface area contributed by atoms with Crippen LogP contribution in [0.15, 0.2) is 52.7 Å². The van der Waals surface area contributed by atoms with E-state index in [-0.39, 0.29) is 18.4 Å². The van der Waals surface area contributed by atoms with Gasteiger partial charge < -0.3 is 20.9 Å². The van der Waals surface area contributed by atoms with Crippen LogP contribution < -0.4 is 20.9 Å². The van der Waals surface area contributed by atoms with Crippen molar-refractivity contribution in [3.05, 3.63) is 59.4 Å². The molecule has 4 N–H and O–H groups in total. The topological polar surface area (TPSA) is 95.2 Å². The van der Waals surface area contributed by atoms with E-state index in [9.17, 15) is 4.39 Å². The molecule has 0 spiro atoms. The van der Waals surface area contributed by atoms with Crippen molar-refractivity contribution in [3.63, 3.8) is 0 Å². The largest absolute Gasteiger partial charge is 0.493 e. The molecule has 0 aliphatic heterocycles. The Labute approximate surface area is 133 Å². The number of nitrogens with zero attached hydrogens (tertiary/aromatic N) is 2. The van der Waals surface area contributed by atoms with Gasteiger partial charge in [0.25, 0.3) is 0 Å². The maximum absolute atomic E-state index is 12.9. The van der Waals surface area contributed by atoms with Gasteiger partial charge >= 0.3 is 0 Å². The standard InChI is InChI=1S/C16H17FN4O2/c1-22-14-4-2-3-12(9-20-21-16(18)19)15(14)23-10-11-5-7-13(17)8-6-11/h2-9H,10H2,1H3,(H4,18,19,21)/b20-9+. The minimum atomic E-state index is -0.295. The second-order valence-corrected chi connectivity index (χ2v) is 4.56. The molecule has 0 radical (unpaired) electrons. The number of guanidine groups is 1. The Hall–Kier alpha value is -3.09. The number of rotatable bonds is 6. The zero-order chi connectivity index (χ0) is 16.7. The number of hydrogen-bond donors (Lipinski definition) is 2. The van der Waals surface area contributed by atoms with Crippen molar-refractivity contribution < 1.29 is 13.9 Å². The van der Waals surface area contributed by atoms with Gasteiger partial charge in [-0.3, -0.25) is 0 Å². The molecule has 0 atom stereocenters. The third-order valence-electron chi connectivity index (χ3n) is 2.90. The molecule has 120 valence electrons. The molecule has 0 aromatic heterocycles. The van der Waals surface area contributed by atoms with Crippen LogP contribution in [0.25, 0.3) is 0 Å². The Kier molecular flexibility index (Phi) is 5.51. The number of hydrogen-bond acceptors (Lipinski definition) is 4. The number of nitrogens with two attached hydrogens (primary N) is 2. The summed E-state index contributed by atoms with van der Waals surface area (Å²) in [7, 11) is 1.54. The fourth-order valence-electron chi connectivity index (χ4n) is 1.84. The number of halogens is 1. The fourth-order valence-corrected chi connectivity index (χ4v) is 1.84. The van der Waals surface area contributed by atoms with E-state index in [2.05, 4.69) is 10.2 Å². The summed E-state index contributed by atoms with van der Waals surface area (Å²) in [5.41, 5.74) is 11.9. The molecule has 0 saturated carbocycles. The SMILES string of the molecule is COc1cccc(/C=N/N=C(N)N)c1OCc1ccc(F)cc1. The van der Waals surface area contributed by atoms with Crippen molar-refractivity contribution in [2.24, 2.45) is 21.7 Å². The van der Waals surface area contributed by atoms with Crippen molar-refractivity contribution in [3.8, 4) is 11.5 Å². The molecule has 0 aliphatic rings. The summed E-state index contributed by atoms with van der Waals surface area (Å²) in [4.78, 5) is 0. The average molecular weight is 316 g/mol. The summed E-state index contributed by atoms with van der Waals surface area (Å²) < 4.78 is 24.0. The van der Waals surface area contributed by atoms with Crippen LogP contribution >= 0.6 is 0 Å². The molecule has 0 aliphatic carbocycles. The minimum absolute atomic E-state index is 0.141. The number of methoxy groups -OCH3 is 1. The first kappa shape index (κ1) is 16.3. The second-order valence-electron chi connectivity index (χ2n) is 4.56. The van der Waals surface area contributed by atoms with Gasteiger partial charge in [-0.05, 0) is 29.8 Å². The Morgan fingerprint density at radius 3 is 2.57 bits per heavy atom. The predicted octanol–water partition coefficient (Wildman–Crippen LogP) is 2.02. The second kappa shape index (κ2) is 7.79. The Bertz CT molecular complexity index is 711. The molecule has 2 aromatic rings. The molecule has 0 saturated heterocycles. The van der Waals surface area contributed by atoms with Crippen LogP contribution in [-0.2, 0) is 6.61 Å². The molecule has 0 heterocycles. The first-order valence-corrected chi connectivity index (χ1v) is 6.76. The zero-order valence-corrected chi connectivity index (χ0v) is 12.6. The molecule has 0 fully saturated rings. The number of benzene rings is 2. The lowest BCUT2D eigenvalue weighted by Crippen LogP contribution is -2.21. The van der Waals surface area contributed by atoms with Crippen LogP contribution in [-0.4, -0.2) is 19.3 Å². The van der Waals surface area contributed by atoms with E-state index in [1.807, 2.05) is 0 Å². The van der Waals surface area contributed by atoms with E-state index in [0.717, 1.165) is 5.56 Å².